The van der Waals surface area contributed by atoms with E-state index in [1.54, 1.807) is 12.1 Å². The molecule has 2 heterocycles. The average molecular weight is 290 g/mol. The lowest BCUT2D eigenvalue weighted by atomic mass is 9.69. The largest absolute Gasteiger partial charge is 0.478 e. The maximum atomic E-state index is 11.4. The fourth-order valence-corrected chi connectivity index (χ4v) is 3.57. The number of hydrogen-bond acceptors (Lipinski definition) is 4. The number of aliphatic hydroxyl groups is 1. The van der Waals surface area contributed by atoms with E-state index in [9.17, 15) is 15.0 Å². The molecule has 0 spiro atoms. The van der Waals surface area contributed by atoms with E-state index in [4.69, 9.17) is 0 Å². The van der Waals surface area contributed by atoms with Crippen molar-refractivity contribution in [2.45, 2.75) is 38.7 Å². The molecule has 1 aromatic heterocycles. The molecule has 3 rings (SSSR count). The summed E-state index contributed by atoms with van der Waals surface area (Å²) < 4.78 is 0. The minimum atomic E-state index is -0.968. The van der Waals surface area contributed by atoms with Crippen LogP contribution in [0.15, 0.2) is 12.1 Å². The molecule has 1 saturated carbocycles. The van der Waals surface area contributed by atoms with Crippen molar-refractivity contribution in [2.75, 3.05) is 18.0 Å². The number of aromatic nitrogens is 1. The van der Waals surface area contributed by atoms with E-state index in [1.807, 2.05) is 11.8 Å². The Hall–Kier alpha value is -1.62. The van der Waals surface area contributed by atoms with Gasteiger partial charge in [0, 0.05) is 24.7 Å². The van der Waals surface area contributed by atoms with Gasteiger partial charge >= 0.3 is 5.97 Å². The number of carboxylic acids is 1. The molecule has 0 aromatic carbocycles. The van der Waals surface area contributed by atoms with Crippen molar-refractivity contribution in [1.82, 2.24) is 4.98 Å². The van der Waals surface area contributed by atoms with Gasteiger partial charge in [0.25, 0.3) is 0 Å². The number of aryl methyl sites for hydroxylation is 1. The standard InChI is InChI=1S/C16H22N2O3/c1-10-8-18(9-16(10,21)12-4-3-5-12)14-13(15(19)20)7-6-11(2)17-14/h6-7,10,12,21H,3-5,8-9H2,1-2H3,(H,19,20)/t10-,16+/m1/s1. The van der Waals surface area contributed by atoms with Crippen molar-refractivity contribution in [3.8, 4) is 0 Å². The van der Waals surface area contributed by atoms with Gasteiger partial charge in [-0.2, -0.15) is 0 Å². The maximum Gasteiger partial charge on any atom is 0.339 e. The molecule has 1 aliphatic carbocycles. The Labute approximate surface area is 124 Å². The lowest BCUT2D eigenvalue weighted by Gasteiger charge is -2.41. The van der Waals surface area contributed by atoms with Gasteiger partial charge in [0.2, 0.25) is 0 Å². The molecule has 21 heavy (non-hydrogen) atoms. The molecule has 114 valence electrons. The molecular weight excluding hydrogens is 268 g/mol. The van der Waals surface area contributed by atoms with Gasteiger partial charge in [0.15, 0.2) is 0 Å². The smallest absolute Gasteiger partial charge is 0.339 e. The molecule has 0 unspecified atom stereocenters. The molecule has 0 bridgehead atoms. The maximum absolute atomic E-state index is 11.4. The fraction of sp³-hybridized carbons (Fsp3) is 0.625. The van der Waals surface area contributed by atoms with Gasteiger partial charge in [0.1, 0.15) is 11.4 Å². The molecule has 2 N–H and O–H groups in total. The summed E-state index contributed by atoms with van der Waals surface area (Å²) in [6.45, 7) is 5.04. The SMILES string of the molecule is Cc1ccc(C(=O)O)c(N2C[C@@H](C)[C@](O)(C3CCC3)C2)n1. The second-order valence-corrected chi connectivity index (χ2v) is 6.53. The zero-order valence-electron chi connectivity index (χ0n) is 12.5. The monoisotopic (exact) mass is 290 g/mol. The first-order valence-electron chi connectivity index (χ1n) is 7.60. The summed E-state index contributed by atoms with van der Waals surface area (Å²) >= 11 is 0. The number of anilines is 1. The van der Waals surface area contributed by atoms with Gasteiger partial charge < -0.3 is 15.1 Å². The highest BCUT2D eigenvalue weighted by atomic mass is 16.4. The van der Waals surface area contributed by atoms with Gasteiger partial charge in [-0.15, -0.1) is 0 Å². The topological polar surface area (TPSA) is 73.7 Å². The molecule has 1 aliphatic heterocycles. The van der Waals surface area contributed by atoms with Gasteiger partial charge in [-0.05, 0) is 37.8 Å². The van der Waals surface area contributed by atoms with E-state index >= 15 is 0 Å². The zero-order valence-corrected chi connectivity index (χ0v) is 12.5. The van der Waals surface area contributed by atoms with Crippen LogP contribution >= 0.6 is 0 Å². The van der Waals surface area contributed by atoms with Crippen molar-refractivity contribution in [2.24, 2.45) is 11.8 Å². The van der Waals surface area contributed by atoms with E-state index in [1.165, 1.54) is 6.42 Å². The van der Waals surface area contributed by atoms with Crippen LogP contribution in [-0.2, 0) is 0 Å². The third-order valence-electron chi connectivity index (χ3n) is 5.15. The van der Waals surface area contributed by atoms with Crippen LogP contribution in [0.3, 0.4) is 0 Å². The minimum absolute atomic E-state index is 0.131. The summed E-state index contributed by atoms with van der Waals surface area (Å²) in [7, 11) is 0. The highest BCUT2D eigenvalue weighted by Crippen LogP contribution is 2.45. The normalized spacial score (nSPS) is 29.5. The quantitative estimate of drug-likeness (QED) is 0.891. The average Bonchev–Trinajstić information content (AvgIpc) is 2.63. The lowest BCUT2D eigenvalue weighted by Crippen LogP contribution is -2.47. The first-order valence-corrected chi connectivity index (χ1v) is 7.60. The van der Waals surface area contributed by atoms with Crippen LogP contribution in [0.2, 0.25) is 0 Å². The Morgan fingerprint density at radius 2 is 2.14 bits per heavy atom. The molecule has 1 saturated heterocycles. The zero-order chi connectivity index (χ0) is 15.2. The molecule has 2 aliphatic rings. The van der Waals surface area contributed by atoms with Crippen molar-refractivity contribution >= 4 is 11.8 Å². The third kappa shape index (κ3) is 2.29. The second-order valence-electron chi connectivity index (χ2n) is 6.53. The van der Waals surface area contributed by atoms with E-state index < -0.39 is 11.6 Å². The van der Waals surface area contributed by atoms with Crippen LogP contribution in [0.25, 0.3) is 0 Å². The summed E-state index contributed by atoms with van der Waals surface area (Å²) in [5.74, 6) is -0.00354. The van der Waals surface area contributed by atoms with Crippen LogP contribution < -0.4 is 4.90 Å². The predicted octanol–water partition coefficient (Wildman–Crippen LogP) is 2.08. The number of aromatic carboxylic acids is 1. The molecule has 2 fully saturated rings. The van der Waals surface area contributed by atoms with Crippen LogP contribution in [0.1, 0.15) is 42.2 Å². The van der Waals surface area contributed by atoms with E-state index in [2.05, 4.69) is 11.9 Å². The highest BCUT2D eigenvalue weighted by Gasteiger charge is 2.50. The Morgan fingerprint density at radius 3 is 2.71 bits per heavy atom. The molecule has 1 aromatic rings. The van der Waals surface area contributed by atoms with Crippen LogP contribution in [0.5, 0.6) is 0 Å². The van der Waals surface area contributed by atoms with E-state index in [0.29, 0.717) is 24.8 Å². The Bertz CT molecular complexity index is 571. The highest BCUT2D eigenvalue weighted by molar-refractivity contribution is 5.93. The Balaban J connectivity index is 1.92. The van der Waals surface area contributed by atoms with E-state index in [0.717, 1.165) is 18.5 Å². The van der Waals surface area contributed by atoms with Crippen molar-refractivity contribution < 1.29 is 15.0 Å². The summed E-state index contributed by atoms with van der Waals surface area (Å²) in [4.78, 5) is 17.8. The van der Waals surface area contributed by atoms with Gasteiger partial charge in [-0.25, -0.2) is 9.78 Å². The van der Waals surface area contributed by atoms with Crippen molar-refractivity contribution in [1.29, 1.82) is 0 Å². The fourth-order valence-electron chi connectivity index (χ4n) is 3.57. The predicted molar refractivity (Wildman–Crippen MR) is 79.6 cm³/mol. The number of β-amino-alcohol motifs (C(OH)–C–C–N with tert-alkyl or cyclic N) is 1. The number of nitrogens with zero attached hydrogens (tertiary/aromatic N) is 2. The van der Waals surface area contributed by atoms with Gasteiger partial charge in [0.05, 0.1) is 5.60 Å². The van der Waals surface area contributed by atoms with Gasteiger partial charge in [-0.1, -0.05) is 13.3 Å². The summed E-state index contributed by atoms with van der Waals surface area (Å²) in [6, 6.07) is 3.32. The van der Waals surface area contributed by atoms with E-state index in [-0.39, 0.29) is 11.5 Å². The molecular formula is C16H22N2O3. The first-order chi connectivity index (χ1) is 9.91. The Kier molecular flexibility index (Phi) is 3.40. The number of pyridine rings is 1. The van der Waals surface area contributed by atoms with Crippen LogP contribution in [0.4, 0.5) is 5.82 Å². The number of hydrogen-bond donors (Lipinski definition) is 2. The van der Waals surface area contributed by atoms with Crippen LogP contribution in [-0.4, -0.2) is 39.9 Å². The first kappa shape index (κ1) is 14.3. The molecule has 0 radical (unpaired) electrons. The summed E-state index contributed by atoms with van der Waals surface area (Å²) in [5, 5.41) is 20.3. The minimum Gasteiger partial charge on any atom is -0.478 e. The second kappa shape index (κ2) is 4.98. The molecule has 5 heteroatoms. The summed E-state index contributed by atoms with van der Waals surface area (Å²) in [5.41, 5.74) is 0.298. The summed E-state index contributed by atoms with van der Waals surface area (Å²) in [6.07, 6.45) is 3.33. The number of carbonyl (C=O) groups is 1. The van der Waals surface area contributed by atoms with Crippen molar-refractivity contribution in [3.05, 3.63) is 23.4 Å². The van der Waals surface area contributed by atoms with Crippen LogP contribution in [0, 0.1) is 18.8 Å². The molecule has 2 atom stereocenters. The number of rotatable bonds is 3. The molecule has 5 nitrogen and oxygen atoms in total. The number of carboxylic acid groups (broad SMARTS) is 1. The Morgan fingerprint density at radius 1 is 1.43 bits per heavy atom. The van der Waals surface area contributed by atoms with Gasteiger partial charge in [-0.3, -0.25) is 0 Å². The third-order valence-corrected chi connectivity index (χ3v) is 5.15. The lowest BCUT2D eigenvalue weighted by molar-refractivity contribution is -0.0615. The van der Waals surface area contributed by atoms with Crippen molar-refractivity contribution in [3.63, 3.8) is 0 Å². The molecule has 0 amide bonds.